The molecule has 2 heteroatoms. The highest BCUT2D eigenvalue weighted by Gasteiger charge is 2.48. The molecule has 0 aromatic rings. The van der Waals surface area contributed by atoms with Crippen LogP contribution in [0.3, 0.4) is 0 Å². The van der Waals surface area contributed by atoms with Gasteiger partial charge in [-0.1, -0.05) is 26.7 Å². The Hall–Kier alpha value is -0.0800. The van der Waals surface area contributed by atoms with E-state index in [0.29, 0.717) is 17.1 Å². The molecule has 1 aliphatic heterocycles. The lowest BCUT2D eigenvalue weighted by molar-refractivity contribution is -0.0457. The number of ether oxygens (including phenoxy) is 1. The van der Waals surface area contributed by atoms with Crippen LogP contribution in [0, 0.1) is 11.3 Å². The number of nitrogens with one attached hydrogen (secondary N) is 1. The minimum Gasteiger partial charge on any atom is -0.372 e. The summed E-state index contributed by atoms with van der Waals surface area (Å²) < 4.78 is 6.49. The lowest BCUT2D eigenvalue weighted by atomic mass is 9.94. The molecule has 0 amide bonds. The van der Waals surface area contributed by atoms with Crippen molar-refractivity contribution in [1.82, 2.24) is 5.32 Å². The third kappa shape index (κ3) is 3.33. The van der Waals surface area contributed by atoms with Crippen molar-refractivity contribution >= 4 is 0 Å². The number of hydrogen-bond donors (Lipinski definition) is 1. The van der Waals surface area contributed by atoms with Crippen molar-refractivity contribution in [2.75, 3.05) is 13.1 Å². The van der Waals surface area contributed by atoms with Gasteiger partial charge in [0, 0.05) is 6.54 Å². The second kappa shape index (κ2) is 5.37. The van der Waals surface area contributed by atoms with Crippen LogP contribution in [-0.2, 0) is 4.74 Å². The van der Waals surface area contributed by atoms with Crippen LogP contribution < -0.4 is 5.32 Å². The van der Waals surface area contributed by atoms with Crippen molar-refractivity contribution in [3.63, 3.8) is 0 Å². The van der Waals surface area contributed by atoms with Crippen molar-refractivity contribution in [2.45, 2.75) is 83.3 Å². The van der Waals surface area contributed by atoms with E-state index in [1.165, 1.54) is 64.3 Å². The van der Waals surface area contributed by atoms with Gasteiger partial charge in [-0.2, -0.15) is 0 Å². The summed E-state index contributed by atoms with van der Waals surface area (Å²) in [4.78, 5) is 0. The summed E-state index contributed by atoms with van der Waals surface area (Å²) >= 11 is 0. The van der Waals surface area contributed by atoms with Gasteiger partial charge < -0.3 is 10.1 Å². The predicted molar refractivity (Wildman–Crippen MR) is 79.3 cm³/mol. The number of hydrogen-bond acceptors (Lipinski definition) is 2. The topological polar surface area (TPSA) is 21.3 Å². The lowest BCUT2D eigenvalue weighted by Crippen LogP contribution is -2.31. The highest BCUT2D eigenvalue weighted by atomic mass is 16.5. The molecule has 0 aromatic heterocycles. The van der Waals surface area contributed by atoms with Crippen LogP contribution in [0.2, 0.25) is 0 Å². The molecular formula is C17H31NO. The highest BCUT2D eigenvalue weighted by Crippen LogP contribution is 2.53. The molecule has 110 valence electrons. The van der Waals surface area contributed by atoms with E-state index in [4.69, 9.17) is 4.74 Å². The van der Waals surface area contributed by atoms with E-state index in [-0.39, 0.29) is 0 Å². The lowest BCUT2D eigenvalue weighted by Gasteiger charge is -2.26. The van der Waals surface area contributed by atoms with Gasteiger partial charge in [-0.15, -0.1) is 0 Å². The Labute approximate surface area is 118 Å². The molecule has 1 saturated heterocycles. The summed E-state index contributed by atoms with van der Waals surface area (Å²) in [5.74, 6) is 0.764. The third-order valence-corrected chi connectivity index (χ3v) is 5.52. The highest BCUT2D eigenvalue weighted by molar-refractivity contribution is 5.00. The zero-order valence-corrected chi connectivity index (χ0v) is 12.8. The zero-order chi connectivity index (χ0) is 13.3. The summed E-state index contributed by atoms with van der Waals surface area (Å²) in [6, 6.07) is 0. The van der Waals surface area contributed by atoms with E-state index in [1.54, 1.807) is 0 Å². The fraction of sp³-hybridized carbons (Fsp3) is 1.00. The first-order valence-corrected chi connectivity index (χ1v) is 8.50. The molecule has 0 aromatic carbocycles. The fourth-order valence-corrected chi connectivity index (χ4v) is 4.17. The zero-order valence-electron chi connectivity index (χ0n) is 12.8. The maximum Gasteiger partial charge on any atom is 0.0687 e. The molecular weight excluding hydrogens is 234 g/mol. The molecule has 1 heterocycles. The van der Waals surface area contributed by atoms with Gasteiger partial charge in [0.05, 0.1) is 11.7 Å². The summed E-state index contributed by atoms with van der Waals surface area (Å²) in [6.07, 6.45) is 12.9. The second-order valence-electron chi connectivity index (χ2n) is 7.90. The molecule has 3 fully saturated rings. The van der Waals surface area contributed by atoms with Gasteiger partial charge >= 0.3 is 0 Å². The van der Waals surface area contributed by atoms with Crippen LogP contribution in [0.5, 0.6) is 0 Å². The molecule has 1 unspecified atom stereocenters. The summed E-state index contributed by atoms with van der Waals surface area (Å²) in [6.45, 7) is 6.96. The summed E-state index contributed by atoms with van der Waals surface area (Å²) in [5.41, 5.74) is 0.926. The minimum atomic E-state index is 0.326. The molecule has 2 aliphatic carbocycles. The van der Waals surface area contributed by atoms with Gasteiger partial charge in [-0.05, 0) is 62.8 Å². The first-order chi connectivity index (χ1) is 9.12. The van der Waals surface area contributed by atoms with Gasteiger partial charge in [-0.25, -0.2) is 0 Å². The Kier molecular flexibility index (Phi) is 3.92. The van der Waals surface area contributed by atoms with E-state index in [9.17, 15) is 0 Å². The van der Waals surface area contributed by atoms with Crippen LogP contribution in [0.25, 0.3) is 0 Å². The minimum absolute atomic E-state index is 0.326. The molecule has 0 bridgehead atoms. The average Bonchev–Trinajstić information content (AvgIpc) is 2.82. The summed E-state index contributed by atoms with van der Waals surface area (Å²) in [7, 11) is 0. The molecule has 2 nitrogen and oxygen atoms in total. The van der Waals surface area contributed by atoms with Crippen molar-refractivity contribution in [3.8, 4) is 0 Å². The second-order valence-corrected chi connectivity index (χ2v) is 7.90. The van der Waals surface area contributed by atoms with Crippen molar-refractivity contribution < 1.29 is 4.74 Å². The quantitative estimate of drug-likeness (QED) is 0.786. The van der Waals surface area contributed by atoms with Crippen LogP contribution in [0.1, 0.15) is 71.6 Å². The SMILES string of the molecule is CC(C)CNCC1(CC2CCC3(CCCC3)O2)CC1. The molecule has 1 atom stereocenters. The fourth-order valence-electron chi connectivity index (χ4n) is 4.17. The van der Waals surface area contributed by atoms with Crippen molar-refractivity contribution in [2.24, 2.45) is 11.3 Å². The van der Waals surface area contributed by atoms with Crippen LogP contribution >= 0.6 is 0 Å². The standard InChI is InChI=1S/C17H31NO/c1-14(2)12-18-13-16(9-10-16)11-15-5-8-17(19-15)6-3-4-7-17/h14-15,18H,3-13H2,1-2H3. The Morgan fingerprint density at radius 2 is 1.84 bits per heavy atom. The molecule has 1 N–H and O–H groups in total. The van der Waals surface area contributed by atoms with Gasteiger partial charge in [-0.3, -0.25) is 0 Å². The average molecular weight is 265 g/mol. The maximum atomic E-state index is 6.49. The monoisotopic (exact) mass is 265 g/mol. The molecule has 1 spiro atoms. The predicted octanol–water partition coefficient (Wildman–Crippen LogP) is 3.89. The van der Waals surface area contributed by atoms with E-state index in [2.05, 4.69) is 19.2 Å². The van der Waals surface area contributed by atoms with Crippen molar-refractivity contribution in [3.05, 3.63) is 0 Å². The molecule has 2 saturated carbocycles. The Morgan fingerprint density at radius 1 is 1.11 bits per heavy atom. The van der Waals surface area contributed by atoms with E-state index < -0.39 is 0 Å². The van der Waals surface area contributed by atoms with E-state index >= 15 is 0 Å². The smallest absolute Gasteiger partial charge is 0.0687 e. The first-order valence-electron chi connectivity index (χ1n) is 8.50. The normalized spacial score (nSPS) is 31.4. The molecule has 3 rings (SSSR count). The molecule has 0 radical (unpaired) electrons. The Bertz CT molecular complexity index is 302. The molecule has 19 heavy (non-hydrogen) atoms. The number of rotatable bonds is 6. The Balaban J connectivity index is 1.44. The maximum absolute atomic E-state index is 6.49. The van der Waals surface area contributed by atoms with Crippen LogP contribution in [0.15, 0.2) is 0 Å². The van der Waals surface area contributed by atoms with Gasteiger partial charge in [0.15, 0.2) is 0 Å². The summed E-state index contributed by atoms with van der Waals surface area (Å²) in [5, 5.41) is 3.67. The first kappa shape index (κ1) is 13.9. The Morgan fingerprint density at radius 3 is 2.47 bits per heavy atom. The molecule has 3 aliphatic rings. The van der Waals surface area contributed by atoms with Crippen molar-refractivity contribution in [1.29, 1.82) is 0 Å². The van der Waals surface area contributed by atoms with Gasteiger partial charge in [0.25, 0.3) is 0 Å². The third-order valence-electron chi connectivity index (χ3n) is 5.52. The van der Waals surface area contributed by atoms with Crippen LogP contribution in [0.4, 0.5) is 0 Å². The van der Waals surface area contributed by atoms with E-state index in [0.717, 1.165) is 12.5 Å². The van der Waals surface area contributed by atoms with Crippen LogP contribution in [-0.4, -0.2) is 24.8 Å². The largest absolute Gasteiger partial charge is 0.372 e. The van der Waals surface area contributed by atoms with E-state index in [1.807, 2.05) is 0 Å². The van der Waals surface area contributed by atoms with Gasteiger partial charge in [0.2, 0.25) is 0 Å². The van der Waals surface area contributed by atoms with Gasteiger partial charge in [0.1, 0.15) is 0 Å².